The van der Waals surface area contributed by atoms with Crippen LogP contribution in [0.15, 0.2) is 60.9 Å². The molecule has 1 aliphatic heterocycles. The van der Waals surface area contributed by atoms with Crippen LogP contribution in [0.2, 0.25) is 0 Å². The van der Waals surface area contributed by atoms with E-state index in [1.165, 1.54) is 5.56 Å². The van der Waals surface area contributed by atoms with Crippen LogP contribution in [-0.4, -0.2) is 28.2 Å². The molecule has 2 aromatic carbocycles. The van der Waals surface area contributed by atoms with Gasteiger partial charge in [-0.1, -0.05) is 30.3 Å². The highest BCUT2D eigenvalue weighted by Crippen LogP contribution is 2.34. The number of para-hydroxylation sites is 1. The molecular formula is C21H22N4O. The molecule has 3 aromatic rings. The van der Waals surface area contributed by atoms with Gasteiger partial charge in [0.05, 0.1) is 6.20 Å². The SMILES string of the molecule is CCN(C(=O)C1(C)Cc2ccccc2N1)c1ccc(-c2cn[nH]c2)cc1. The minimum Gasteiger partial charge on any atom is -0.371 e. The smallest absolute Gasteiger partial charge is 0.252 e. The largest absolute Gasteiger partial charge is 0.371 e. The molecule has 132 valence electrons. The van der Waals surface area contributed by atoms with E-state index in [-0.39, 0.29) is 5.91 Å². The number of nitrogens with zero attached hydrogens (tertiary/aromatic N) is 2. The van der Waals surface area contributed by atoms with Crippen molar-refractivity contribution in [2.24, 2.45) is 0 Å². The molecule has 0 aliphatic carbocycles. The van der Waals surface area contributed by atoms with E-state index in [4.69, 9.17) is 0 Å². The second-order valence-electron chi connectivity index (χ2n) is 6.87. The Balaban J connectivity index is 1.58. The number of aromatic nitrogens is 2. The van der Waals surface area contributed by atoms with Crippen LogP contribution in [0.4, 0.5) is 11.4 Å². The summed E-state index contributed by atoms with van der Waals surface area (Å²) in [7, 11) is 0. The van der Waals surface area contributed by atoms with Gasteiger partial charge in [0.15, 0.2) is 0 Å². The Kier molecular flexibility index (Phi) is 3.99. The fourth-order valence-electron chi connectivity index (χ4n) is 3.63. The molecular weight excluding hydrogens is 324 g/mol. The summed E-state index contributed by atoms with van der Waals surface area (Å²) in [6.45, 7) is 4.61. The molecule has 2 heterocycles. The second-order valence-corrected chi connectivity index (χ2v) is 6.87. The summed E-state index contributed by atoms with van der Waals surface area (Å²) in [5.41, 5.74) is 4.63. The monoisotopic (exact) mass is 346 g/mol. The number of rotatable bonds is 4. The summed E-state index contributed by atoms with van der Waals surface area (Å²) in [4.78, 5) is 15.2. The Morgan fingerprint density at radius 3 is 2.58 bits per heavy atom. The summed E-state index contributed by atoms with van der Waals surface area (Å²) in [5, 5.41) is 10.2. The maximum Gasteiger partial charge on any atom is 0.252 e. The third-order valence-corrected chi connectivity index (χ3v) is 5.02. The summed E-state index contributed by atoms with van der Waals surface area (Å²) >= 11 is 0. The Morgan fingerprint density at radius 1 is 1.15 bits per heavy atom. The van der Waals surface area contributed by atoms with Crippen molar-refractivity contribution >= 4 is 17.3 Å². The lowest BCUT2D eigenvalue weighted by Gasteiger charge is -2.31. The molecule has 26 heavy (non-hydrogen) atoms. The zero-order valence-electron chi connectivity index (χ0n) is 15.0. The molecule has 1 aromatic heterocycles. The third-order valence-electron chi connectivity index (χ3n) is 5.02. The van der Waals surface area contributed by atoms with Crippen LogP contribution in [0.5, 0.6) is 0 Å². The predicted molar refractivity (Wildman–Crippen MR) is 104 cm³/mol. The number of carbonyl (C=O) groups excluding carboxylic acids is 1. The van der Waals surface area contributed by atoms with Crippen molar-refractivity contribution in [3.63, 3.8) is 0 Å². The van der Waals surface area contributed by atoms with Gasteiger partial charge in [-0.3, -0.25) is 9.89 Å². The van der Waals surface area contributed by atoms with Crippen molar-refractivity contribution in [3.8, 4) is 11.1 Å². The van der Waals surface area contributed by atoms with E-state index in [2.05, 4.69) is 21.6 Å². The van der Waals surface area contributed by atoms with Crippen molar-refractivity contribution < 1.29 is 4.79 Å². The van der Waals surface area contributed by atoms with E-state index in [1.807, 2.05) is 67.4 Å². The van der Waals surface area contributed by atoms with Crippen molar-refractivity contribution in [2.45, 2.75) is 25.8 Å². The van der Waals surface area contributed by atoms with E-state index in [9.17, 15) is 4.79 Å². The number of carbonyl (C=O) groups is 1. The fourth-order valence-corrected chi connectivity index (χ4v) is 3.63. The van der Waals surface area contributed by atoms with Gasteiger partial charge in [-0.25, -0.2) is 0 Å². The number of benzene rings is 2. The van der Waals surface area contributed by atoms with E-state index < -0.39 is 5.54 Å². The Bertz CT molecular complexity index is 890. The van der Waals surface area contributed by atoms with Gasteiger partial charge in [-0.2, -0.15) is 5.10 Å². The lowest BCUT2D eigenvalue weighted by Crippen LogP contribution is -2.51. The van der Waals surface area contributed by atoms with Gasteiger partial charge in [0.25, 0.3) is 5.91 Å². The number of aromatic amines is 1. The highest BCUT2D eigenvalue weighted by Gasteiger charge is 2.41. The van der Waals surface area contributed by atoms with Gasteiger partial charge in [-0.05, 0) is 43.2 Å². The molecule has 1 aliphatic rings. The molecule has 1 amide bonds. The fraction of sp³-hybridized carbons (Fsp3) is 0.238. The zero-order chi connectivity index (χ0) is 18.1. The van der Waals surface area contributed by atoms with Gasteiger partial charge in [0.2, 0.25) is 0 Å². The predicted octanol–water partition coefficient (Wildman–Crippen LogP) is 3.86. The van der Waals surface area contributed by atoms with Crippen LogP contribution in [-0.2, 0) is 11.2 Å². The van der Waals surface area contributed by atoms with Crippen LogP contribution in [0.1, 0.15) is 19.4 Å². The molecule has 2 N–H and O–H groups in total. The van der Waals surface area contributed by atoms with Crippen molar-refractivity contribution in [2.75, 3.05) is 16.8 Å². The van der Waals surface area contributed by atoms with Crippen molar-refractivity contribution in [1.29, 1.82) is 0 Å². The normalized spacial score (nSPS) is 18.2. The maximum absolute atomic E-state index is 13.3. The van der Waals surface area contributed by atoms with Crippen LogP contribution in [0, 0.1) is 0 Å². The van der Waals surface area contributed by atoms with Crippen molar-refractivity contribution in [3.05, 3.63) is 66.5 Å². The quantitative estimate of drug-likeness (QED) is 0.754. The number of amides is 1. The Labute approximate surface area is 153 Å². The molecule has 0 bridgehead atoms. The lowest BCUT2D eigenvalue weighted by molar-refractivity contribution is -0.122. The van der Waals surface area contributed by atoms with Gasteiger partial charge in [0.1, 0.15) is 5.54 Å². The Hall–Kier alpha value is -3.08. The van der Waals surface area contributed by atoms with E-state index >= 15 is 0 Å². The van der Waals surface area contributed by atoms with E-state index in [0.717, 1.165) is 22.5 Å². The molecule has 4 rings (SSSR count). The van der Waals surface area contributed by atoms with Crippen molar-refractivity contribution in [1.82, 2.24) is 10.2 Å². The average Bonchev–Trinajstić information content (AvgIpc) is 3.30. The van der Waals surface area contributed by atoms with Crippen LogP contribution in [0.3, 0.4) is 0 Å². The van der Waals surface area contributed by atoms with Gasteiger partial charge < -0.3 is 10.2 Å². The first-order chi connectivity index (χ1) is 12.6. The summed E-state index contributed by atoms with van der Waals surface area (Å²) in [5.74, 6) is 0.0901. The van der Waals surface area contributed by atoms with Crippen LogP contribution >= 0.6 is 0 Å². The molecule has 0 spiro atoms. The number of hydrogen-bond acceptors (Lipinski definition) is 3. The molecule has 0 saturated carbocycles. The number of H-pyrrole nitrogens is 1. The highest BCUT2D eigenvalue weighted by atomic mass is 16.2. The van der Waals surface area contributed by atoms with Crippen LogP contribution in [0.25, 0.3) is 11.1 Å². The standard InChI is InChI=1S/C21H22N4O/c1-3-25(18-10-8-15(9-11-18)17-13-22-23-14-17)20(26)21(2)12-16-6-4-5-7-19(16)24-21/h4-11,13-14,24H,3,12H2,1-2H3,(H,22,23). The molecule has 1 atom stereocenters. The number of nitrogens with one attached hydrogen (secondary N) is 2. The first-order valence-electron chi connectivity index (χ1n) is 8.88. The molecule has 5 nitrogen and oxygen atoms in total. The molecule has 1 unspecified atom stereocenters. The topological polar surface area (TPSA) is 61.0 Å². The minimum atomic E-state index is -0.622. The number of anilines is 2. The second kappa shape index (κ2) is 6.33. The molecule has 0 saturated heterocycles. The average molecular weight is 346 g/mol. The number of likely N-dealkylation sites (N-methyl/N-ethyl adjacent to an activating group) is 1. The number of fused-ring (bicyclic) bond motifs is 1. The summed E-state index contributed by atoms with van der Waals surface area (Å²) in [6, 6.07) is 16.2. The van der Waals surface area contributed by atoms with E-state index in [0.29, 0.717) is 13.0 Å². The minimum absolute atomic E-state index is 0.0901. The third kappa shape index (κ3) is 2.75. The van der Waals surface area contributed by atoms with Gasteiger partial charge in [-0.15, -0.1) is 0 Å². The molecule has 0 fully saturated rings. The summed E-state index contributed by atoms with van der Waals surface area (Å²) in [6.07, 6.45) is 4.35. The first kappa shape index (κ1) is 16.4. The van der Waals surface area contributed by atoms with Gasteiger partial charge >= 0.3 is 0 Å². The van der Waals surface area contributed by atoms with Gasteiger partial charge in [0, 0.05) is 36.1 Å². The van der Waals surface area contributed by atoms with Crippen LogP contribution < -0.4 is 10.2 Å². The lowest BCUT2D eigenvalue weighted by atomic mass is 9.95. The zero-order valence-corrected chi connectivity index (χ0v) is 15.0. The number of hydrogen-bond donors (Lipinski definition) is 2. The highest BCUT2D eigenvalue weighted by molar-refractivity contribution is 6.03. The summed E-state index contributed by atoms with van der Waals surface area (Å²) < 4.78 is 0. The molecule has 5 heteroatoms. The first-order valence-corrected chi connectivity index (χ1v) is 8.88. The molecule has 0 radical (unpaired) electrons. The van der Waals surface area contributed by atoms with E-state index in [1.54, 1.807) is 6.20 Å². The maximum atomic E-state index is 13.3. The Morgan fingerprint density at radius 2 is 1.92 bits per heavy atom.